The van der Waals surface area contributed by atoms with Crippen molar-refractivity contribution in [2.75, 3.05) is 19.7 Å². The van der Waals surface area contributed by atoms with Crippen molar-refractivity contribution in [3.8, 4) is 0 Å². The first kappa shape index (κ1) is 11.9. The molecule has 0 aliphatic carbocycles. The molecule has 0 aromatic heterocycles. The number of amides is 1. The lowest BCUT2D eigenvalue weighted by atomic mass is 9.93. The largest absolute Gasteiger partial charge is 0.394 e. The van der Waals surface area contributed by atoms with Crippen molar-refractivity contribution in [3.63, 3.8) is 0 Å². The van der Waals surface area contributed by atoms with Gasteiger partial charge in [0.1, 0.15) is 0 Å². The number of nitrogens with zero attached hydrogens (tertiary/aromatic N) is 1. The summed E-state index contributed by atoms with van der Waals surface area (Å²) in [5, 5.41) is 12.5. The molecule has 0 spiro atoms. The fourth-order valence-corrected chi connectivity index (χ4v) is 2.81. The quantitative estimate of drug-likeness (QED) is 0.715. The molecule has 3 atom stereocenters. The maximum atomic E-state index is 12.3. The highest BCUT2D eigenvalue weighted by Crippen LogP contribution is 2.22. The SMILES string of the molecule is CC1CCNC(C(=O)N2CCCC2CO)C1. The fourth-order valence-electron chi connectivity index (χ4n) is 2.81. The number of hydrogen-bond acceptors (Lipinski definition) is 3. The van der Waals surface area contributed by atoms with Gasteiger partial charge in [-0.05, 0) is 38.1 Å². The minimum Gasteiger partial charge on any atom is -0.394 e. The van der Waals surface area contributed by atoms with Crippen molar-refractivity contribution in [2.45, 2.75) is 44.7 Å². The van der Waals surface area contributed by atoms with E-state index in [2.05, 4.69) is 12.2 Å². The Morgan fingerprint density at radius 2 is 2.31 bits per heavy atom. The number of likely N-dealkylation sites (tertiary alicyclic amines) is 1. The van der Waals surface area contributed by atoms with Crippen LogP contribution in [-0.4, -0.2) is 47.7 Å². The molecule has 2 fully saturated rings. The van der Waals surface area contributed by atoms with Crippen molar-refractivity contribution >= 4 is 5.91 Å². The number of aliphatic hydroxyl groups is 1. The summed E-state index contributed by atoms with van der Waals surface area (Å²) in [6.07, 6.45) is 4.07. The molecule has 0 radical (unpaired) electrons. The molecule has 3 unspecified atom stereocenters. The topological polar surface area (TPSA) is 52.6 Å². The van der Waals surface area contributed by atoms with Crippen LogP contribution in [0.15, 0.2) is 0 Å². The summed E-state index contributed by atoms with van der Waals surface area (Å²) in [6.45, 7) is 4.06. The number of hydrogen-bond donors (Lipinski definition) is 2. The number of aliphatic hydroxyl groups excluding tert-OH is 1. The van der Waals surface area contributed by atoms with Gasteiger partial charge in [-0.2, -0.15) is 0 Å². The highest BCUT2D eigenvalue weighted by Gasteiger charge is 2.34. The summed E-state index contributed by atoms with van der Waals surface area (Å²) in [6, 6.07) is 0.0439. The van der Waals surface area contributed by atoms with Crippen LogP contribution in [0.2, 0.25) is 0 Å². The smallest absolute Gasteiger partial charge is 0.240 e. The molecule has 2 aliphatic heterocycles. The van der Waals surface area contributed by atoms with E-state index < -0.39 is 0 Å². The van der Waals surface area contributed by atoms with Crippen molar-refractivity contribution in [1.29, 1.82) is 0 Å². The zero-order valence-electron chi connectivity index (χ0n) is 9.98. The zero-order chi connectivity index (χ0) is 11.5. The van der Waals surface area contributed by atoms with Crippen molar-refractivity contribution in [3.05, 3.63) is 0 Å². The van der Waals surface area contributed by atoms with Gasteiger partial charge in [-0.25, -0.2) is 0 Å². The normalized spacial score (nSPS) is 35.4. The van der Waals surface area contributed by atoms with Gasteiger partial charge in [0.25, 0.3) is 0 Å². The van der Waals surface area contributed by atoms with Crippen LogP contribution in [0.4, 0.5) is 0 Å². The summed E-state index contributed by atoms with van der Waals surface area (Å²) < 4.78 is 0. The van der Waals surface area contributed by atoms with E-state index in [1.807, 2.05) is 4.90 Å². The molecule has 0 bridgehead atoms. The minimum atomic E-state index is -0.0177. The van der Waals surface area contributed by atoms with E-state index >= 15 is 0 Å². The molecule has 2 aliphatic rings. The number of nitrogens with one attached hydrogen (secondary N) is 1. The van der Waals surface area contributed by atoms with Crippen LogP contribution in [-0.2, 0) is 4.79 Å². The van der Waals surface area contributed by atoms with Crippen LogP contribution < -0.4 is 5.32 Å². The monoisotopic (exact) mass is 226 g/mol. The van der Waals surface area contributed by atoms with Crippen molar-refractivity contribution < 1.29 is 9.90 Å². The average Bonchev–Trinajstić information content (AvgIpc) is 2.76. The van der Waals surface area contributed by atoms with Gasteiger partial charge < -0.3 is 15.3 Å². The predicted molar refractivity (Wildman–Crippen MR) is 62.0 cm³/mol. The van der Waals surface area contributed by atoms with Gasteiger partial charge >= 0.3 is 0 Å². The molecular formula is C12H22N2O2. The first-order valence-corrected chi connectivity index (χ1v) is 6.37. The van der Waals surface area contributed by atoms with E-state index in [1.54, 1.807) is 0 Å². The summed E-state index contributed by atoms with van der Waals surface area (Å²) in [7, 11) is 0. The van der Waals surface area contributed by atoms with Gasteiger partial charge in [0, 0.05) is 6.54 Å². The van der Waals surface area contributed by atoms with Crippen LogP contribution >= 0.6 is 0 Å². The third kappa shape index (κ3) is 2.38. The molecule has 2 N–H and O–H groups in total. The summed E-state index contributed by atoms with van der Waals surface area (Å²) in [4.78, 5) is 14.1. The molecule has 0 aromatic carbocycles. The molecule has 4 nitrogen and oxygen atoms in total. The molecule has 0 saturated carbocycles. The Hall–Kier alpha value is -0.610. The Morgan fingerprint density at radius 1 is 1.50 bits per heavy atom. The van der Waals surface area contributed by atoms with Crippen LogP contribution in [0, 0.1) is 5.92 Å². The van der Waals surface area contributed by atoms with E-state index in [1.165, 1.54) is 0 Å². The Kier molecular flexibility index (Phi) is 3.82. The molecule has 0 aromatic rings. The Balaban J connectivity index is 1.95. The third-order valence-electron chi connectivity index (χ3n) is 3.84. The lowest BCUT2D eigenvalue weighted by Gasteiger charge is -2.32. The molecule has 92 valence electrons. The van der Waals surface area contributed by atoms with E-state index in [0.29, 0.717) is 5.92 Å². The highest BCUT2D eigenvalue weighted by molar-refractivity contribution is 5.82. The summed E-state index contributed by atoms with van der Waals surface area (Å²) in [5.74, 6) is 0.827. The number of rotatable bonds is 2. The second-order valence-corrected chi connectivity index (χ2v) is 5.15. The first-order chi connectivity index (χ1) is 7.72. The second-order valence-electron chi connectivity index (χ2n) is 5.15. The molecule has 4 heteroatoms. The molecule has 16 heavy (non-hydrogen) atoms. The fraction of sp³-hybridized carbons (Fsp3) is 0.917. The minimum absolute atomic E-state index is 0.0177. The van der Waals surface area contributed by atoms with E-state index in [0.717, 1.165) is 38.8 Å². The van der Waals surface area contributed by atoms with Crippen LogP contribution in [0.5, 0.6) is 0 Å². The van der Waals surface area contributed by atoms with Gasteiger partial charge in [0.15, 0.2) is 0 Å². The highest BCUT2D eigenvalue weighted by atomic mass is 16.3. The number of carbonyl (C=O) groups excluding carboxylic acids is 1. The predicted octanol–water partition coefficient (Wildman–Crippen LogP) is 0.358. The van der Waals surface area contributed by atoms with E-state index in [9.17, 15) is 9.90 Å². The van der Waals surface area contributed by atoms with Gasteiger partial charge in [-0.15, -0.1) is 0 Å². The summed E-state index contributed by atoms with van der Waals surface area (Å²) >= 11 is 0. The second kappa shape index (κ2) is 5.15. The van der Waals surface area contributed by atoms with Crippen LogP contribution in [0.1, 0.15) is 32.6 Å². The molecule has 1 amide bonds. The molecule has 2 heterocycles. The van der Waals surface area contributed by atoms with E-state index in [-0.39, 0.29) is 24.6 Å². The number of piperidine rings is 1. The average molecular weight is 226 g/mol. The lowest BCUT2D eigenvalue weighted by molar-refractivity contribution is -0.135. The summed E-state index contributed by atoms with van der Waals surface area (Å²) in [5.41, 5.74) is 0. The van der Waals surface area contributed by atoms with Gasteiger partial charge in [0.05, 0.1) is 18.7 Å². The molecular weight excluding hydrogens is 204 g/mol. The van der Waals surface area contributed by atoms with E-state index in [4.69, 9.17) is 0 Å². The zero-order valence-corrected chi connectivity index (χ0v) is 9.98. The molecule has 2 saturated heterocycles. The Morgan fingerprint density at radius 3 is 3.00 bits per heavy atom. The Labute approximate surface area is 97.0 Å². The first-order valence-electron chi connectivity index (χ1n) is 6.37. The lowest BCUT2D eigenvalue weighted by Crippen LogP contribution is -2.51. The maximum Gasteiger partial charge on any atom is 0.240 e. The van der Waals surface area contributed by atoms with Crippen molar-refractivity contribution in [1.82, 2.24) is 10.2 Å². The van der Waals surface area contributed by atoms with Gasteiger partial charge in [0.2, 0.25) is 5.91 Å². The van der Waals surface area contributed by atoms with Gasteiger partial charge in [-0.1, -0.05) is 6.92 Å². The maximum absolute atomic E-state index is 12.3. The van der Waals surface area contributed by atoms with Gasteiger partial charge in [-0.3, -0.25) is 4.79 Å². The van der Waals surface area contributed by atoms with Crippen molar-refractivity contribution in [2.24, 2.45) is 5.92 Å². The Bertz CT molecular complexity index is 257. The van der Waals surface area contributed by atoms with Crippen LogP contribution in [0.25, 0.3) is 0 Å². The third-order valence-corrected chi connectivity index (χ3v) is 3.84. The number of carbonyl (C=O) groups is 1. The standard InChI is InChI=1S/C12H22N2O2/c1-9-4-5-13-11(7-9)12(16)14-6-2-3-10(14)8-15/h9-11,13,15H,2-8H2,1H3. The van der Waals surface area contributed by atoms with Crippen LogP contribution in [0.3, 0.4) is 0 Å². The molecule has 2 rings (SSSR count).